The number of nitrogens with one attached hydrogen (secondary N) is 1. The molecule has 1 saturated heterocycles. The number of amides is 1. The number of aromatic nitrogens is 5. The van der Waals surface area contributed by atoms with Gasteiger partial charge in [-0.1, -0.05) is 0 Å². The van der Waals surface area contributed by atoms with Gasteiger partial charge in [0.2, 0.25) is 5.91 Å². The average molecular weight is 366 g/mol. The van der Waals surface area contributed by atoms with Crippen LogP contribution in [0.2, 0.25) is 0 Å². The molecule has 27 heavy (non-hydrogen) atoms. The molecule has 1 saturated carbocycles. The summed E-state index contributed by atoms with van der Waals surface area (Å²) < 4.78 is 8.62. The number of fused-ring (bicyclic) bond motifs is 1. The van der Waals surface area contributed by atoms with Gasteiger partial charge in [0.1, 0.15) is 23.1 Å². The van der Waals surface area contributed by atoms with Crippen molar-refractivity contribution in [1.82, 2.24) is 29.9 Å². The molecule has 2 unspecified atom stereocenters. The Labute approximate surface area is 156 Å². The van der Waals surface area contributed by atoms with Gasteiger partial charge in [-0.3, -0.25) is 4.79 Å². The van der Waals surface area contributed by atoms with Crippen LogP contribution < -0.4 is 10.1 Å². The maximum atomic E-state index is 11.6. The van der Waals surface area contributed by atoms with Gasteiger partial charge in [-0.25, -0.2) is 4.98 Å². The minimum Gasteiger partial charge on any atom is -0.488 e. The molecule has 1 aliphatic heterocycles. The molecule has 2 aliphatic rings. The lowest BCUT2D eigenvalue weighted by atomic mass is 10.0. The van der Waals surface area contributed by atoms with E-state index < -0.39 is 0 Å². The van der Waals surface area contributed by atoms with Gasteiger partial charge < -0.3 is 14.6 Å². The lowest BCUT2D eigenvalue weighted by Gasteiger charge is -2.21. The van der Waals surface area contributed by atoms with Crippen LogP contribution in [0.3, 0.4) is 0 Å². The van der Waals surface area contributed by atoms with Crippen LogP contribution in [0, 0.1) is 5.92 Å². The number of hydrogen-bond donors (Lipinski definition) is 1. The Kier molecular flexibility index (Phi) is 3.66. The van der Waals surface area contributed by atoms with Crippen molar-refractivity contribution in [3.63, 3.8) is 0 Å². The van der Waals surface area contributed by atoms with Crippen LogP contribution in [0.25, 0.3) is 22.3 Å². The first-order valence-electron chi connectivity index (χ1n) is 9.39. The number of rotatable bonds is 5. The maximum absolute atomic E-state index is 11.6. The van der Waals surface area contributed by atoms with Crippen molar-refractivity contribution in [2.24, 2.45) is 13.0 Å². The second-order valence-corrected chi connectivity index (χ2v) is 7.54. The molecule has 1 amide bonds. The Bertz CT molecular complexity index is 1020. The van der Waals surface area contributed by atoms with Crippen LogP contribution in [-0.2, 0) is 11.8 Å². The maximum Gasteiger partial charge on any atom is 0.220 e. The third-order valence-electron chi connectivity index (χ3n) is 5.46. The number of nitrogens with zero attached hydrogens (tertiary/aromatic N) is 5. The molecule has 0 bridgehead atoms. The van der Waals surface area contributed by atoms with E-state index >= 15 is 0 Å². The summed E-state index contributed by atoms with van der Waals surface area (Å²) in [5, 5.41) is 11.5. The van der Waals surface area contributed by atoms with Gasteiger partial charge in [-0.2, -0.15) is 15.0 Å². The Morgan fingerprint density at radius 3 is 2.85 bits per heavy atom. The zero-order chi connectivity index (χ0) is 18.5. The number of carbonyl (C=O) groups excluding carboxylic acids is 1. The zero-order valence-electron chi connectivity index (χ0n) is 15.4. The van der Waals surface area contributed by atoms with Gasteiger partial charge >= 0.3 is 0 Å². The highest BCUT2D eigenvalue weighted by atomic mass is 16.5. The first-order chi connectivity index (χ1) is 13.1. The Balaban J connectivity index is 1.56. The fourth-order valence-corrected chi connectivity index (χ4v) is 3.73. The van der Waals surface area contributed by atoms with Crippen molar-refractivity contribution in [3.05, 3.63) is 24.7 Å². The summed E-state index contributed by atoms with van der Waals surface area (Å²) in [5.74, 6) is 1.06. The third kappa shape index (κ3) is 2.94. The number of carbonyl (C=O) groups is 1. The van der Waals surface area contributed by atoms with Crippen LogP contribution in [0.5, 0.6) is 5.75 Å². The molecule has 140 valence electrons. The fourth-order valence-electron chi connectivity index (χ4n) is 3.73. The van der Waals surface area contributed by atoms with Gasteiger partial charge in [0.25, 0.3) is 0 Å². The molecule has 2 fully saturated rings. The highest BCUT2D eigenvalue weighted by Crippen LogP contribution is 2.41. The second-order valence-electron chi connectivity index (χ2n) is 7.54. The summed E-state index contributed by atoms with van der Waals surface area (Å²) in [4.78, 5) is 17.7. The van der Waals surface area contributed by atoms with E-state index in [0.717, 1.165) is 28.0 Å². The molecule has 5 rings (SSSR count). The van der Waals surface area contributed by atoms with E-state index in [1.807, 2.05) is 25.4 Å². The predicted molar refractivity (Wildman–Crippen MR) is 99.2 cm³/mol. The van der Waals surface area contributed by atoms with Gasteiger partial charge in [0, 0.05) is 37.5 Å². The topological polar surface area (TPSA) is 86.9 Å². The van der Waals surface area contributed by atoms with Crippen molar-refractivity contribution >= 4 is 16.9 Å². The van der Waals surface area contributed by atoms with E-state index in [9.17, 15) is 4.79 Å². The predicted octanol–water partition coefficient (Wildman–Crippen LogP) is 2.07. The van der Waals surface area contributed by atoms with Crippen molar-refractivity contribution in [2.45, 2.75) is 38.3 Å². The van der Waals surface area contributed by atoms with Crippen molar-refractivity contribution in [1.29, 1.82) is 0 Å². The first-order valence-corrected chi connectivity index (χ1v) is 9.39. The Hall–Kier alpha value is -2.90. The lowest BCUT2D eigenvalue weighted by Crippen LogP contribution is -2.25. The third-order valence-corrected chi connectivity index (χ3v) is 5.46. The molecule has 3 aromatic rings. The number of imidazole rings is 1. The summed E-state index contributed by atoms with van der Waals surface area (Å²) in [6, 6.07) is 4.56. The molecule has 2 atom stereocenters. The summed E-state index contributed by atoms with van der Waals surface area (Å²) in [7, 11) is 1.80. The van der Waals surface area contributed by atoms with E-state index in [-0.39, 0.29) is 17.9 Å². The van der Waals surface area contributed by atoms with E-state index in [1.54, 1.807) is 18.0 Å². The number of benzene rings is 1. The minimum absolute atomic E-state index is 0.0770. The van der Waals surface area contributed by atoms with Gasteiger partial charge in [0.15, 0.2) is 0 Å². The molecule has 8 heteroatoms. The monoisotopic (exact) mass is 366 g/mol. The summed E-state index contributed by atoms with van der Waals surface area (Å²) >= 11 is 0. The molecule has 1 aromatic carbocycles. The fraction of sp³-hybridized carbons (Fsp3) is 0.474. The summed E-state index contributed by atoms with van der Waals surface area (Å²) in [6.45, 7) is 2.69. The molecule has 0 radical (unpaired) electrons. The van der Waals surface area contributed by atoms with E-state index in [2.05, 4.69) is 25.1 Å². The van der Waals surface area contributed by atoms with E-state index in [0.29, 0.717) is 19.0 Å². The van der Waals surface area contributed by atoms with Crippen LogP contribution >= 0.6 is 0 Å². The van der Waals surface area contributed by atoms with Gasteiger partial charge in [-0.15, -0.1) is 0 Å². The lowest BCUT2D eigenvalue weighted by molar-refractivity contribution is -0.119. The van der Waals surface area contributed by atoms with Crippen molar-refractivity contribution < 1.29 is 9.53 Å². The van der Waals surface area contributed by atoms with Crippen LogP contribution in [0.1, 0.15) is 32.2 Å². The second kappa shape index (κ2) is 6.07. The molecule has 0 spiro atoms. The van der Waals surface area contributed by atoms with Crippen LogP contribution in [0.4, 0.5) is 0 Å². The standard InChI is InChI=1S/C19H22N6O2/c1-11(13-7-18(26)20-8-13)27-17-6-12(16-9-22-24(2)23-16)5-15-19(17)25(10-21-15)14-3-4-14/h5-6,9-11,13-14H,3-4,7-8H2,1-2H3,(H,20,26). The Morgan fingerprint density at radius 1 is 1.33 bits per heavy atom. The SMILES string of the molecule is CC(Oc1cc(-c2cnn(C)n2)cc2ncn(C3CC3)c12)C1CNC(=O)C1. The van der Waals surface area contributed by atoms with Gasteiger partial charge in [0.05, 0.1) is 18.0 Å². The molecule has 8 nitrogen and oxygen atoms in total. The number of aryl methyl sites for hydroxylation is 1. The molecule has 2 aromatic heterocycles. The summed E-state index contributed by atoms with van der Waals surface area (Å²) in [6.07, 6.45) is 6.43. The average Bonchev–Trinajstić information content (AvgIpc) is 3.04. The van der Waals surface area contributed by atoms with Crippen LogP contribution in [-0.4, -0.2) is 43.1 Å². The van der Waals surface area contributed by atoms with Crippen LogP contribution in [0.15, 0.2) is 24.7 Å². The molecule has 3 heterocycles. The molecular weight excluding hydrogens is 344 g/mol. The highest BCUT2D eigenvalue weighted by molar-refractivity contribution is 5.87. The van der Waals surface area contributed by atoms with E-state index in [1.165, 1.54) is 12.8 Å². The normalized spacial score (nSPS) is 20.8. The molecule has 1 N–H and O–H groups in total. The largest absolute Gasteiger partial charge is 0.488 e. The first kappa shape index (κ1) is 16.3. The van der Waals surface area contributed by atoms with E-state index in [4.69, 9.17) is 4.74 Å². The summed E-state index contributed by atoms with van der Waals surface area (Å²) in [5.41, 5.74) is 3.64. The number of hydrogen-bond acceptors (Lipinski definition) is 5. The smallest absolute Gasteiger partial charge is 0.220 e. The minimum atomic E-state index is -0.0770. The van der Waals surface area contributed by atoms with Gasteiger partial charge in [-0.05, 0) is 31.9 Å². The number of ether oxygens (including phenoxy) is 1. The highest BCUT2D eigenvalue weighted by Gasteiger charge is 2.30. The van der Waals surface area contributed by atoms with Crippen molar-refractivity contribution in [2.75, 3.05) is 6.54 Å². The molecule has 1 aliphatic carbocycles. The quantitative estimate of drug-likeness (QED) is 0.747. The Morgan fingerprint density at radius 2 is 2.19 bits per heavy atom. The zero-order valence-corrected chi connectivity index (χ0v) is 15.4. The van der Waals surface area contributed by atoms with Crippen molar-refractivity contribution in [3.8, 4) is 17.0 Å². The molecular formula is C19H22N6O2.